The minimum atomic E-state index is -0.557. The van der Waals surface area contributed by atoms with Gasteiger partial charge in [-0.2, -0.15) is 5.10 Å². The number of benzene rings is 3. The summed E-state index contributed by atoms with van der Waals surface area (Å²) in [4.78, 5) is 25.6. The van der Waals surface area contributed by atoms with E-state index in [1.807, 2.05) is 49.4 Å². The summed E-state index contributed by atoms with van der Waals surface area (Å²) in [6.07, 6.45) is 3.52. The van der Waals surface area contributed by atoms with E-state index in [0.717, 1.165) is 16.7 Å². The number of hydrogen-bond donors (Lipinski definition) is 3. The van der Waals surface area contributed by atoms with Gasteiger partial charge in [0.15, 0.2) is 0 Å². The zero-order valence-corrected chi connectivity index (χ0v) is 18.4. The molecule has 0 aliphatic rings. The highest BCUT2D eigenvalue weighted by Crippen LogP contribution is 2.11. The van der Waals surface area contributed by atoms with Gasteiger partial charge in [-0.1, -0.05) is 54.6 Å². The lowest BCUT2D eigenvalue weighted by Crippen LogP contribution is -2.33. The van der Waals surface area contributed by atoms with E-state index in [2.05, 4.69) is 15.8 Å². The van der Waals surface area contributed by atoms with Gasteiger partial charge in [-0.05, 0) is 73.0 Å². The molecule has 3 aromatic rings. The summed E-state index contributed by atoms with van der Waals surface area (Å²) in [5.41, 5.74) is 6.04. The number of phenols is 1. The first-order chi connectivity index (χ1) is 15.9. The van der Waals surface area contributed by atoms with Crippen LogP contribution in [-0.2, 0) is 4.79 Å². The van der Waals surface area contributed by atoms with Crippen molar-refractivity contribution in [3.63, 3.8) is 0 Å². The van der Waals surface area contributed by atoms with Gasteiger partial charge in [0.1, 0.15) is 11.4 Å². The van der Waals surface area contributed by atoms with E-state index in [-0.39, 0.29) is 11.4 Å². The summed E-state index contributed by atoms with van der Waals surface area (Å²) in [6.45, 7) is 3.58. The molecule has 166 valence electrons. The van der Waals surface area contributed by atoms with Gasteiger partial charge in [-0.25, -0.2) is 5.43 Å². The molecule has 6 nitrogen and oxygen atoms in total. The highest BCUT2D eigenvalue weighted by atomic mass is 16.3. The SMILES string of the molecule is CC(=Cc1ccccc1)C=C(NC(=O)c1ccccc1)C(=O)N/N=C(\C)c1ccc(O)cc1. The van der Waals surface area contributed by atoms with Crippen LogP contribution in [0.2, 0.25) is 0 Å². The Balaban J connectivity index is 1.84. The van der Waals surface area contributed by atoms with Gasteiger partial charge in [0.25, 0.3) is 11.8 Å². The number of aromatic hydroxyl groups is 1. The van der Waals surface area contributed by atoms with Crippen LogP contribution >= 0.6 is 0 Å². The second-order valence-electron chi connectivity index (χ2n) is 7.36. The van der Waals surface area contributed by atoms with E-state index in [4.69, 9.17) is 0 Å². The van der Waals surface area contributed by atoms with Crippen molar-refractivity contribution < 1.29 is 14.7 Å². The molecule has 3 aromatic carbocycles. The number of hydrazone groups is 1. The van der Waals surface area contributed by atoms with Crippen LogP contribution in [0, 0.1) is 0 Å². The van der Waals surface area contributed by atoms with Crippen LogP contribution in [-0.4, -0.2) is 22.6 Å². The molecule has 0 aromatic heterocycles. The Morgan fingerprint density at radius 1 is 0.818 bits per heavy atom. The highest BCUT2D eigenvalue weighted by molar-refractivity contribution is 6.04. The number of allylic oxidation sites excluding steroid dienone is 2. The number of rotatable bonds is 7. The Hall–Kier alpha value is -4.45. The van der Waals surface area contributed by atoms with Crippen molar-refractivity contribution in [1.82, 2.24) is 10.7 Å². The molecule has 0 bridgehead atoms. The Labute approximate surface area is 193 Å². The van der Waals surface area contributed by atoms with E-state index in [1.54, 1.807) is 61.5 Å². The molecule has 0 aliphatic carbocycles. The first-order valence-corrected chi connectivity index (χ1v) is 10.4. The fourth-order valence-electron chi connectivity index (χ4n) is 2.99. The molecule has 0 spiro atoms. The Morgan fingerprint density at radius 3 is 2.06 bits per heavy atom. The molecular formula is C27H25N3O3. The zero-order chi connectivity index (χ0) is 23.6. The molecular weight excluding hydrogens is 414 g/mol. The van der Waals surface area contributed by atoms with Crippen LogP contribution in [0.3, 0.4) is 0 Å². The lowest BCUT2D eigenvalue weighted by atomic mass is 10.1. The average molecular weight is 440 g/mol. The number of nitrogens with one attached hydrogen (secondary N) is 2. The molecule has 0 heterocycles. The molecule has 0 fully saturated rings. The topological polar surface area (TPSA) is 90.8 Å². The number of nitrogens with zero attached hydrogens (tertiary/aromatic N) is 1. The van der Waals surface area contributed by atoms with Gasteiger partial charge < -0.3 is 10.4 Å². The zero-order valence-electron chi connectivity index (χ0n) is 18.4. The highest BCUT2D eigenvalue weighted by Gasteiger charge is 2.14. The maximum Gasteiger partial charge on any atom is 0.287 e. The third kappa shape index (κ3) is 7.04. The van der Waals surface area contributed by atoms with Gasteiger partial charge in [0.2, 0.25) is 0 Å². The van der Waals surface area contributed by atoms with Gasteiger partial charge in [0.05, 0.1) is 5.71 Å². The lowest BCUT2D eigenvalue weighted by Gasteiger charge is -2.10. The molecule has 0 saturated carbocycles. The lowest BCUT2D eigenvalue weighted by molar-refractivity contribution is -0.117. The summed E-state index contributed by atoms with van der Waals surface area (Å²) < 4.78 is 0. The van der Waals surface area contributed by atoms with Crippen LogP contribution in [0.1, 0.15) is 35.3 Å². The van der Waals surface area contributed by atoms with Crippen molar-refractivity contribution >= 4 is 23.6 Å². The maximum atomic E-state index is 12.9. The molecule has 3 rings (SSSR count). The van der Waals surface area contributed by atoms with E-state index in [1.165, 1.54) is 0 Å². The van der Waals surface area contributed by atoms with Crippen molar-refractivity contribution in [2.45, 2.75) is 13.8 Å². The average Bonchev–Trinajstić information content (AvgIpc) is 2.83. The summed E-state index contributed by atoms with van der Waals surface area (Å²) >= 11 is 0. The minimum Gasteiger partial charge on any atom is -0.508 e. The fraction of sp³-hybridized carbons (Fsp3) is 0.0741. The van der Waals surface area contributed by atoms with E-state index in [0.29, 0.717) is 11.3 Å². The second kappa shape index (κ2) is 11.2. The van der Waals surface area contributed by atoms with E-state index < -0.39 is 11.8 Å². The number of hydrogen-bond acceptors (Lipinski definition) is 4. The van der Waals surface area contributed by atoms with Crippen LogP contribution in [0.25, 0.3) is 6.08 Å². The first-order valence-electron chi connectivity index (χ1n) is 10.4. The Morgan fingerprint density at radius 2 is 1.42 bits per heavy atom. The Bertz CT molecular complexity index is 1200. The Kier molecular flexibility index (Phi) is 7.91. The van der Waals surface area contributed by atoms with Gasteiger partial charge in [0, 0.05) is 5.56 Å². The summed E-state index contributed by atoms with van der Waals surface area (Å²) in [5.74, 6) is -0.813. The molecule has 0 saturated heterocycles. The van der Waals surface area contributed by atoms with Crippen molar-refractivity contribution in [2.75, 3.05) is 0 Å². The predicted molar refractivity (Wildman–Crippen MR) is 131 cm³/mol. The maximum absolute atomic E-state index is 12.9. The smallest absolute Gasteiger partial charge is 0.287 e. The number of phenolic OH excluding ortho intramolecular Hbond substituents is 1. The third-order valence-corrected chi connectivity index (χ3v) is 4.70. The molecule has 0 radical (unpaired) electrons. The van der Waals surface area contributed by atoms with Crippen molar-refractivity contribution in [1.29, 1.82) is 0 Å². The van der Waals surface area contributed by atoms with Crippen LogP contribution in [0.15, 0.2) is 107 Å². The van der Waals surface area contributed by atoms with E-state index >= 15 is 0 Å². The molecule has 33 heavy (non-hydrogen) atoms. The largest absolute Gasteiger partial charge is 0.508 e. The van der Waals surface area contributed by atoms with Crippen LogP contribution in [0.4, 0.5) is 0 Å². The second-order valence-corrected chi connectivity index (χ2v) is 7.36. The third-order valence-electron chi connectivity index (χ3n) is 4.70. The first kappa shape index (κ1) is 23.2. The fourth-order valence-corrected chi connectivity index (χ4v) is 2.99. The molecule has 6 heteroatoms. The number of amides is 2. The van der Waals surface area contributed by atoms with Crippen molar-refractivity contribution in [2.24, 2.45) is 5.10 Å². The molecule has 3 N–H and O–H groups in total. The quantitative estimate of drug-likeness (QED) is 0.217. The summed E-state index contributed by atoms with van der Waals surface area (Å²) in [5, 5.41) is 16.3. The molecule has 0 aliphatic heterocycles. The normalized spacial score (nSPS) is 12.2. The van der Waals surface area contributed by atoms with E-state index in [9.17, 15) is 14.7 Å². The van der Waals surface area contributed by atoms with Gasteiger partial charge in [-0.15, -0.1) is 0 Å². The molecule has 0 unspecified atom stereocenters. The monoisotopic (exact) mass is 439 g/mol. The van der Waals surface area contributed by atoms with Crippen LogP contribution in [0.5, 0.6) is 5.75 Å². The summed E-state index contributed by atoms with van der Waals surface area (Å²) in [6, 6.07) is 24.8. The van der Waals surface area contributed by atoms with Crippen LogP contribution < -0.4 is 10.7 Å². The minimum absolute atomic E-state index is 0.0655. The number of carbonyl (C=O) groups excluding carboxylic acids is 2. The summed E-state index contributed by atoms with van der Waals surface area (Å²) in [7, 11) is 0. The van der Waals surface area contributed by atoms with Gasteiger partial charge >= 0.3 is 0 Å². The molecule has 2 amide bonds. The molecule has 0 atom stereocenters. The van der Waals surface area contributed by atoms with Gasteiger partial charge in [-0.3, -0.25) is 9.59 Å². The van der Waals surface area contributed by atoms with Crippen molar-refractivity contribution in [3.05, 3.63) is 119 Å². The predicted octanol–water partition coefficient (Wildman–Crippen LogP) is 4.65. The number of carbonyl (C=O) groups is 2. The standard InChI is InChI=1S/C27H25N3O3/c1-19(17-21-9-5-3-6-10-21)18-25(28-26(32)23-11-7-4-8-12-23)27(33)30-29-20(2)22-13-15-24(31)16-14-22/h3-18,31H,1-2H3,(H,28,32)(H,30,33)/b19-17?,25-18?,29-20+. The van der Waals surface area contributed by atoms with Crippen molar-refractivity contribution in [3.8, 4) is 5.75 Å².